The summed E-state index contributed by atoms with van der Waals surface area (Å²) in [4.78, 5) is 30.6. The molecule has 2 aliphatic heterocycles. The second-order valence-corrected chi connectivity index (χ2v) is 10.1. The van der Waals surface area contributed by atoms with Crippen molar-refractivity contribution < 1.29 is 18.0 Å². The molecule has 0 spiro atoms. The maximum Gasteiger partial charge on any atom is 0.241 e. The van der Waals surface area contributed by atoms with Crippen molar-refractivity contribution in [2.75, 3.05) is 55.7 Å². The summed E-state index contributed by atoms with van der Waals surface area (Å²) in [5.74, 6) is -0.562. The predicted molar refractivity (Wildman–Crippen MR) is 114 cm³/mol. The molecule has 2 heterocycles. The van der Waals surface area contributed by atoms with E-state index in [0.717, 1.165) is 24.9 Å². The number of amides is 2. The maximum atomic E-state index is 12.7. The summed E-state index contributed by atoms with van der Waals surface area (Å²) >= 11 is 0. The number of para-hydroxylation sites is 1. The van der Waals surface area contributed by atoms with E-state index in [1.54, 1.807) is 4.90 Å². The number of carbonyl (C=O) groups excluding carboxylic acids is 2. The van der Waals surface area contributed by atoms with E-state index in [1.165, 1.54) is 5.56 Å². The first-order valence-electron chi connectivity index (χ1n) is 10.5. The minimum absolute atomic E-state index is 0.0771. The van der Waals surface area contributed by atoms with Gasteiger partial charge in [0.2, 0.25) is 11.8 Å². The Bertz CT molecular complexity index is 832. The number of nitrogens with zero attached hydrogens (tertiary/aromatic N) is 3. The van der Waals surface area contributed by atoms with E-state index in [9.17, 15) is 18.0 Å². The highest BCUT2D eigenvalue weighted by atomic mass is 32.2. The van der Waals surface area contributed by atoms with Gasteiger partial charge in [-0.15, -0.1) is 0 Å². The van der Waals surface area contributed by atoms with Crippen molar-refractivity contribution in [3.8, 4) is 0 Å². The van der Waals surface area contributed by atoms with Crippen LogP contribution in [-0.4, -0.2) is 80.8 Å². The standard InChI is InChI=1S/C21H31N3O4S/c1-2-3-6-15-29(27,28)17-21(26)23-13-11-22(12-14-23)16-20(25)24-10-9-18-7-4-5-8-19(18)24/h4-5,7-8H,2-3,6,9-17H2,1H3. The summed E-state index contributed by atoms with van der Waals surface area (Å²) in [5.41, 5.74) is 2.20. The molecule has 160 valence electrons. The molecule has 1 saturated heterocycles. The molecule has 8 heteroatoms. The molecule has 0 radical (unpaired) electrons. The summed E-state index contributed by atoms with van der Waals surface area (Å²) in [6.07, 6.45) is 3.31. The van der Waals surface area contributed by atoms with Gasteiger partial charge in [0.05, 0.1) is 12.3 Å². The molecular weight excluding hydrogens is 390 g/mol. The Morgan fingerprint density at radius 3 is 2.41 bits per heavy atom. The molecule has 0 aromatic heterocycles. The van der Waals surface area contributed by atoms with Crippen LogP contribution in [0.2, 0.25) is 0 Å². The average Bonchev–Trinajstić information content (AvgIpc) is 3.12. The molecule has 3 rings (SSSR count). The molecule has 2 amide bonds. The largest absolute Gasteiger partial charge is 0.339 e. The first-order valence-corrected chi connectivity index (χ1v) is 12.3. The van der Waals surface area contributed by atoms with E-state index < -0.39 is 15.6 Å². The number of benzene rings is 1. The number of rotatable bonds is 8. The fraction of sp³-hybridized carbons (Fsp3) is 0.619. The Hall–Kier alpha value is -1.93. The quantitative estimate of drug-likeness (QED) is 0.592. The van der Waals surface area contributed by atoms with Crippen molar-refractivity contribution in [2.24, 2.45) is 0 Å². The summed E-state index contributed by atoms with van der Waals surface area (Å²) in [7, 11) is -3.34. The molecule has 7 nitrogen and oxygen atoms in total. The Kier molecular flexibility index (Phi) is 7.29. The molecular formula is C21H31N3O4S. The maximum absolute atomic E-state index is 12.7. The van der Waals surface area contributed by atoms with Gasteiger partial charge in [-0.1, -0.05) is 38.0 Å². The van der Waals surface area contributed by atoms with Crippen LogP contribution < -0.4 is 4.90 Å². The lowest BCUT2D eigenvalue weighted by Gasteiger charge is -2.35. The number of fused-ring (bicyclic) bond motifs is 1. The van der Waals surface area contributed by atoms with E-state index in [-0.39, 0.29) is 17.6 Å². The Labute approximate surface area is 173 Å². The van der Waals surface area contributed by atoms with Gasteiger partial charge in [0.15, 0.2) is 9.84 Å². The summed E-state index contributed by atoms with van der Waals surface area (Å²) in [6, 6.07) is 7.99. The van der Waals surface area contributed by atoms with Crippen LogP contribution in [0.5, 0.6) is 0 Å². The van der Waals surface area contributed by atoms with Crippen molar-refractivity contribution in [3.05, 3.63) is 29.8 Å². The fourth-order valence-electron chi connectivity index (χ4n) is 3.95. The normalized spacial score (nSPS) is 17.4. The topological polar surface area (TPSA) is 78.0 Å². The van der Waals surface area contributed by atoms with E-state index in [2.05, 4.69) is 6.07 Å². The van der Waals surface area contributed by atoms with Crippen LogP contribution in [0.4, 0.5) is 5.69 Å². The van der Waals surface area contributed by atoms with Gasteiger partial charge in [-0.25, -0.2) is 8.42 Å². The minimum Gasteiger partial charge on any atom is -0.339 e. The Morgan fingerprint density at radius 1 is 0.966 bits per heavy atom. The van der Waals surface area contributed by atoms with Gasteiger partial charge in [-0.2, -0.15) is 0 Å². The second kappa shape index (κ2) is 9.71. The van der Waals surface area contributed by atoms with Crippen LogP contribution in [0.3, 0.4) is 0 Å². The van der Waals surface area contributed by atoms with E-state index in [4.69, 9.17) is 0 Å². The van der Waals surface area contributed by atoms with Crippen LogP contribution in [0.1, 0.15) is 31.7 Å². The molecule has 2 aliphatic rings. The second-order valence-electron chi connectivity index (χ2n) is 7.88. The number of sulfone groups is 1. The molecule has 0 bridgehead atoms. The van der Waals surface area contributed by atoms with Gasteiger partial charge in [-0.05, 0) is 24.5 Å². The first kappa shape index (κ1) is 21.8. The van der Waals surface area contributed by atoms with Crippen LogP contribution in [0, 0.1) is 0 Å². The first-order chi connectivity index (χ1) is 13.9. The van der Waals surface area contributed by atoms with Gasteiger partial charge in [0, 0.05) is 38.4 Å². The predicted octanol–water partition coefficient (Wildman–Crippen LogP) is 1.32. The number of anilines is 1. The van der Waals surface area contributed by atoms with Crippen molar-refractivity contribution in [3.63, 3.8) is 0 Å². The minimum atomic E-state index is -3.34. The van der Waals surface area contributed by atoms with Crippen LogP contribution in [0.15, 0.2) is 24.3 Å². The number of unbranched alkanes of at least 4 members (excludes halogenated alkanes) is 2. The third-order valence-corrected chi connectivity index (χ3v) is 7.27. The van der Waals surface area contributed by atoms with E-state index in [0.29, 0.717) is 45.7 Å². The monoisotopic (exact) mass is 421 g/mol. The van der Waals surface area contributed by atoms with Gasteiger partial charge in [0.25, 0.3) is 0 Å². The van der Waals surface area contributed by atoms with Gasteiger partial charge >= 0.3 is 0 Å². The number of hydrogen-bond acceptors (Lipinski definition) is 5. The van der Waals surface area contributed by atoms with Crippen LogP contribution in [-0.2, 0) is 25.8 Å². The molecule has 0 atom stereocenters. The highest BCUT2D eigenvalue weighted by molar-refractivity contribution is 7.92. The van der Waals surface area contributed by atoms with Crippen molar-refractivity contribution in [1.82, 2.24) is 9.80 Å². The molecule has 29 heavy (non-hydrogen) atoms. The zero-order chi connectivity index (χ0) is 20.9. The highest BCUT2D eigenvalue weighted by Crippen LogP contribution is 2.27. The SMILES string of the molecule is CCCCCS(=O)(=O)CC(=O)N1CCN(CC(=O)N2CCc3ccccc32)CC1. The van der Waals surface area contributed by atoms with Crippen molar-refractivity contribution in [1.29, 1.82) is 0 Å². The number of carbonyl (C=O) groups is 2. The lowest BCUT2D eigenvalue weighted by atomic mass is 10.2. The molecule has 0 unspecified atom stereocenters. The number of hydrogen-bond donors (Lipinski definition) is 0. The Balaban J connectivity index is 1.45. The summed E-state index contributed by atoms with van der Waals surface area (Å²) in [5, 5.41) is 0. The van der Waals surface area contributed by atoms with E-state index in [1.807, 2.05) is 34.9 Å². The molecule has 1 aromatic rings. The molecule has 0 N–H and O–H groups in total. The van der Waals surface area contributed by atoms with Gasteiger partial charge < -0.3 is 9.80 Å². The fourth-order valence-corrected chi connectivity index (χ4v) is 5.30. The zero-order valence-corrected chi connectivity index (χ0v) is 18.0. The molecule has 0 saturated carbocycles. The lowest BCUT2D eigenvalue weighted by Crippen LogP contribution is -2.52. The Morgan fingerprint density at radius 2 is 1.69 bits per heavy atom. The average molecular weight is 422 g/mol. The third-order valence-electron chi connectivity index (χ3n) is 5.67. The van der Waals surface area contributed by atoms with Gasteiger partial charge in [0.1, 0.15) is 5.75 Å². The lowest BCUT2D eigenvalue weighted by molar-refractivity contribution is -0.130. The van der Waals surface area contributed by atoms with Gasteiger partial charge in [-0.3, -0.25) is 14.5 Å². The summed E-state index contributed by atoms with van der Waals surface area (Å²) in [6.45, 7) is 5.16. The van der Waals surface area contributed by atoms with Crippen molar-refractivity contribution in [2.45, 2.75) is 32.6 Å². The van der Waals surface area contributed by atoms with E-state index >= 15 is 0 Å². The molecule has 1 fully saturated rings. The molecule has 1 aromatic carbocycles. The van der Waals surface area contributed by atoms with Crippen LogP contribution >= 0.6 is 0 Å². The van der Waals surface area contributed by atoms with Crippen molar-refractivity contribution >= 4 is 27.3 Å². The summed E-state index contributed by atoms with van der Waals surface area (Å²) < 4.78 is 24.2. The smallest absolute Gasteiger partial charge is 0.241 e. The zero-order valence-electron chi connectivity index (χ0n) is 17.2. The number of piperazine rings is 1. The molecule has 0 aliphatic carbocycles. The third kappa shape index (κ3) is 5.79. The van der Waals surface area contributed by atoms with Crippen LogP contribution in [0.25, 0.3) is 0 Å². The highest BCUT2D eigenvalue weighted by Gasteiger charge is 2.29.